The quantitative estimate of drug-likeness (QED) is 0.754. The number of rotatable bonds is 6. The highest BCUT2D eigenvalue weighted by molar-refractivity contribution is 7.98. The first-order chi connectivity index (χ1) is 8.30. The zero-order valence-corrected chi connectivity index (χ0v) is 12.6. The van der Waals surface area contributed by atoms with E-state index in [1.807, 2.05) is 6.26 Å². The van der Waals surface area contributed by atoms with Crippen LogP contribution < -0.4 is 5.32 Å². The fraction of sp³-hybridized carbons (Fsp3) is 0.833. The Balaban J connectivity index is 4.39. The second-order valence-corrected chi connectivity index (χ2v) is 5.72. The molecular formula is C12H23NO4S. The first kappa shape index (κ1) is 17.1. The highest BCUT2D eigenvalue weighted by Gasteiger charge is 2.24. The third kappa shape index (κ3) is 8.22. The van der Waals surface area contributed by atoms with Gasteiger partial charge in [0.15, 0.2) is 0 Å². The van der Waals surface area contributed by atoms with Crippen molar-refractivity contribution in [2.24, 2.45) is 0 Å². The fourth-order valence-corrected chi connectivity index (χ4v) is 1.65. The van der Waals surface area contributed by atoms with Gasteiger partial charge in [0.05, 0.1) is 6.61 Å². The van der Waals surface area contributed by atoms with Gasteiger partial charge in [0, 0.05) is 0 Å². The van der Waals surface area contributed by atoms with Gasteiger partial charge in [0.25, 0.3) is 0 Å². The summed E-state index contributed by atoms with van der Waals surface area (Å²) in [6.07, 6.45) is 1.87. The van der Waals surface area contributed by atoms with Crippen LogP contribution in [-0.2, 0) is 14.3 Å². The summed E-state index contributed by atoms with van der Waals surface area (Å²) in [5.74, 6) is 0.344. The van der Waals surface area contributed by atoms with Crippen molar-refractivity contribution < 1.29 is 19.1 Å². The molecule has 0 aromatic heterocycles. The summed E-state index contributed by atoms with van der Waals surface area (Å²) < 4.78 is 10.0. The van der Waals surface area contributed by atoms with Gasteiger partial charge in [-0.2, -0.15) is 11.8 Å². The van der Waals surface area contributed by atoms with Crippen LogP contribution in [0.4, 0.5) is 4.79 Å². The number of hydrogen-bond donors (Lipinski definition) is 1. The van der Waals surface area contributed by atoms with Gasteiger partial charge >= 0.3 is 12.1 Å². The van der Waals surface area contributed by atoms with Gasteiger partial charge in [-0.15, -0.1) is 0 Å². The third-order valence-corrected chi connectivity index (χ3v) is 2.52. The molecule has 0 fully saturated rings. The number of thioether (sulfide) groups is 1. The van der Waals surface area contributed by atoms with E-state index in [1.165, 1.54) is 0 Å². The number of carbonyl (C=O) groups is 2. The molecule has 0 aliphatic carbocycles. The van der Waals surface area contributed by atoms with Crippen LogP contribution in [0, 0.1) is 0 Å². The minimum absolute atomic E-state index is 0.296. The second kappa shape index (κ2) is 8.24. The number of ether oxygens (including phenoxy) is 2. The molecule has 18 heavy (non-hydrogen) atoms. The first-order valence-electron chi connectivity index (χ1n) is 5.95. The van der Waals surface area contributed by atoms with E-state index in [0.29, 0.717) is 13.0 Å². The zero-order valence-electron chi connectivity index (χ0n) is 11.7. The molecule has 0 radical (unpaired) electrons. The summed E-state index contributed by atoms with van der Waals surface area (Å²) in [5.41, 5.74) is -0.581. The largest absolute Gasteiger partial charge is 0.464 e. The molecule has 1 amide bonds. The first-order valence-corrected chi connectivity index (χ1v) is 7.34. The average Bonchev–Trinajstić information content (AvgIpc) is 2.21. The van der Waals surface area contributed by atoms with Crippen molar-refractivity contribution in [3.05, 3.63) is 0 Å². The molecule has 0 aromatic rings. The van der Waals surface area contributed by atoms with Crippen LogP contribution in [0.2, 0.25) is 0 Å². The van der Waals surface area contributed by atoms with E-state index in [1.54, 1.807) is 39.5 Å². The van der Waals surface area contributed by atoms with E-state index in [-0.39, 0.29) is 0 Å². The number of esters is 1. The lowest BCUT2D eigenvalue weighted by atomic mass is 10.2. The monoisotopic (exact) mass is 277 g/mol. The molecule has 1 N–H and O–H groups in total. The molecule has 0 saturated carbocycles. The van der Waals surface area contributed by atoms with Gasteiger partial charge in [-0.1, -0.05) is 0 Å². The van der Waals surface area contributed by atoms with E-state index < -0.39 is 23.7 Å². The predicted octanol–water partition coefficient (Wildman–Crippen LogP) is 2.20. The van der Waals surface area contributed by atoms with E-state index in [0.717, 1.165) is 5.75 Å². The second-order valence-electron chi connectivity index (χ2n) is 4.73. The van der Waals surface area contributed by atoms with E-state index >= 15 is 0 Å². The molecule has 5 nitrogen and oxygen atoms in total. The molecule has 0 unspecified atom stereocenters. The van der Waals surface area contributed by atoms with Crippen molar-refractivity contribution in [3.63, 3.8) is 0 Å². The van der Waals surface area contributed by atoms with Crippen molar-refractivity contribution in [2.75, 3.05) is 18.6 Å². The highest BCUT2D eigenvalue weighted by atomic mass is 32.2. The summed E-state index contributed by atoms with van der Waals surface area (Å²) in [4.78, 5) is 23.2. The SMILES string of the molecule is CCOC(=O)[C@H](CCSC)NC(=O)OC(C)(C)C. The van der Waals surface area contributed by atoms with Crippen LogP contribution in [0.15, 0.2) is 0 Å². The van der Waals surface area contributed by atoms with Crippen molar-refractivity contribution in [1.29, 1.82) is 0 Å². The van der Waals surface area contributed by atoms with Gasteiger partial charge < -0.3 is 14.8 Å². The maximum absolute atomic E-state index is 11.6. The lowest BCUT2D eigenvalue weighted by Crippen LogP contribution is -2.44. The van der Waals surface area contributed by atoms with Gasteiger partial charge in [-0.25, -0.2) is 9.59 Å². The Labute approximate surface area is 113 Å². The zero-order chi connectivity index (χ0) is 14.2. The number of hydrogen-bond acceptors (Lipinski definition) is 5. The molecule has 106 valence electrons. The molecule has 0 aromatic carbocycles. The molecule has 1 atom stereocenters. The Kier molecular flexibility index (Phi) is 7.82. The lowest BCUT2D eigenvalue weighted by Gasteiger charge is -2.22. The van der Waals surface area contributed by atoms with Crippen LogP contribution in [0.3, 0.4) is 0 Å². The molecule has 0 aliphatic heterocycles. The molecule has 0 bridgehead atoms. The predicted molar refractivity (Wildman–Crippen MR) is 72.8 cm³/mol. The molecule has 0 aliphatic rings. The number of alkyl carbamates (subject to hydrolysis) is 1. The van der Waals surface area contributed by atoms with E-state index in [4.69, 9.17) is 9.47 Å². The Morgan fingerprint density at radius 2 is 1.94 bits per heavy atom. The lowest BCUT2D eigenvalue weighted by molar-refractivity contribution is -0.145. The van der Waals surface area contributed by atoms with Gasteiger partial charge in [0.2, 0.25) is 0 Å². The van der Waals surface area contributed by atoms with Crippen LogP contribution in [0.1, 0.15) is 34.1 Å². The topological polar surface area (TPSA) is 64.6 Å². The summed E-state index contributed by atoms with van der Waals surface area (Å²) in [7, 11) is 0. The standard InChI is InChI=1S/C12H23NO4S/c1-6-16-10(14)9(7-8-18-5)13-11(15)17-12(2,3)4/h9H,6-8H2,1-5H3,(H,13,15)/t9-/m0/s1. The fourth-order valence-electron chi connectivity index (χ4n) is 1.18. The van der Waals surface area contributed by atoms with Crippen LogP contribution in [-0.4, -0.2) is 42.3 Å². The minimum atomic E-state index is -0.646. The van der Waals surface area contributed by atoms with Crippen LogP contribution >= 0.6 is 11.8 Å². The van der Waals surface area contributed by atoms with Crippen LogP contribution in [0.5, 0.6) is 0 Å². The van der Waals surface area contributed by atoms with Crippen molar-refractivity contribution in [3.8, 4) is 0 Å². The Hall–Kier alpha value is -0.910. The van der Waals surface area contributed by atoms with Gasteiger partial charge in [-0.3, -0.25) is 0 Å². The molecule has 0 heterocycles. The number of nitrogens with one attached hydrogen (secondary N) is 1. The van der Waals surface area contributed by atoms with Crippen molar-refractivity contribution in [1.82, 2.24) is 5.32 Å². The molecule has 0 rings (SSSR count). The Morgan fingerprint density at radius 1 is 1.33 bits per heavy atom. The number of amides is 1. The van der Waals surface area contributed by atoms with Gasteiger partial charge in [-0.05, 0) is 46.1 Å². The Bertz CT molecular complexity index is 276. The highest BCUT2D eigenvalue weighted by Crippen LogP contribution is 2.08. The van der Waals surface area contributed by atoms with Crippen molar-refractivity contribution in [2.45, 2.75) is 45.8 Å². The van der Waals surface area contributed by atoms with Crippen LogP contribution in [0.25, 0.3) is 0 Å². The molecular weight excluding hydrogens is 254 g/mol. The normalized spacial score (nSPS) is 12.7. The summed E-state index contributed by atoms with van der Waals surface area (Å²) >= 11 is 1.61. The Morgan fingerprint density at radius 3 is 2.39 bits per heavy atom. The van der Waals surface area contributed by atoms with E-state index in [9.17, 15) is 9.59 Å². The number of carbonyl (C=O) groups excluding carboxylic acids is 2. The third-order valence-electron chi connectivity index (χ3n) is 1.87. The maximum atomic E-state index is 11.6. The van der Waals surface area contributed by atoms with Gasteiger partial charge in [0.1, 0.15) is 11.6 Å². The smallest absolute Gasteiger partial charge is 0.408 e. The molecule has 6 heteroatoms. The summed E-state index contributed by atoms with van der Waals surface area (Å²) in [5, 5.41) is 2.54. The van der Waals surface area contributed by atoms with Crippen molar-refractivity contribution >= 4 is 23.8 Å². The average molecular weight is 277 g/mol. The minimum Gasteiger partial charge on any atom is -0.464 e. The molecule has 0 saturated heterocycles. The molecule has 0 spiro atoms. The summed E-state index contributed by atoms with van der Waals surface area (Å²) in [6.45, 7) is 7.34. The summed E-state index contributed by atoms with van der Waals surface area (Å²) in [6, 6.07) is -0.646. The maximum Gasteiger partial charge on any atom is 0.408 e. The van der Waals surface area contributed by atoms with E-state index in [2.05, 4.69) is 5.32 Å².